The van der Waals surface area contributed by atoms with E-state index >= 15 is 0 Å². The van der Waals surface area contributed by atoms with E-state index < -0.39 is 23.9 Å². The molecule has 0 saturated carbocycles. The third kappa shape index (κ3) is 7.87. The highest BCUT2D eigenvalue weighted by atomic mass is 16.4. The summed E-state index contributed by atoms with van der Waals surface area (Å²) in [6.07, 6.45) is 0.494. The molecule has 3 aromatic rings. The van der Waals surface area contributed by atoms with E-state index in [0.717, 1.165) is 17.7 Å². The van der Waals surface area contributed by atoms with E-state index in [2.05, 4.69) is 20.9 Å². The minimum Gasteiger partial charge on any atom is -0.481 e. The van der Waals surface area contributed by atoms with Gasteiger partial charge in [-0.25, -0.2) is 4.79 Å². The molecule has 1 unspecified atom stereocenters. The zero-order valence-corrected chi connectivity index (χ0v) is 23.9. The molecule has 1 atom stereocenters. The molecule has 0 radical (unpaired) electrons. The van der Waals surface area contributed by atoms with Crippen LogP contribution in [-0.4, -0.2) is 66.5 Å². The summed E-state index contributed by atoms with van der Waals surface area (Å²) in [5.74, 6) is -1.51. The average molecular weight is 572 g/mol. The zero-order valence-electron chi connectivity index (χ0n) is 23.9. The van der Waals surface area contributed by atoms with Crippen LogP contribution in [0, 0.1) is 6.92 Å². The normalized spacial score (nSPS) is 13.7. The Morgan fingerprint density at radius 3 is 2.21 bits per heavy atom. The molecule has 10 nitrogen and oxygen atoms in total. The topological polar surface area (TPSA) is 131 Å². The average Bonchev–Trinajstić information content (AvgIpc) is 3.00. The molecular formula is C32H37N5O5. The largest absolute Gasteiger partial charge is 0.481 e. The monoisotopic (exact) mass is 571 g/mol. The first kappa shape index (κ1) is 30.1. The number of benzene rings is 3. The van der Waals surface area contributed by atoms with Crippen molar-refractivity contribution < 1.29 is 24.3 Å². The number of nitrogens with zero attached hydrogens (tertiary/aromatic N) is 2. The Morgan fingerprint density at radius 2 is 1.57 bits per heavy atom. The second-order valence-corrected chi connectivity index (χ2v) is 10.3. The molecule has 3 aromatic carbocycles. The molecule has 1 fully saturated rings. The molecule has 1 aliphatic heterocycles. The van der Waals surface area contributed by atoms with Crippen LogP contribution in [0.25, 0.3) is 0 Å². The highest BCUT2D eigenvalue weighted by Gasteiger charge is 2.25. The highest BCUT2D eigenvalue weighted by molar-refractivity contribution is 6.00. The Hall–Kier alpha value is -4.86. The molecule has 4 N–H and O–H groups in total. The lowest BCUT2D eigenvalue weighted by molar-refractivity contribution is -0.137. The molecule has 10 heteroatoms. The highest BCUT2D eigenvalue weighted by Crippen LogP contribution is 2.29. The Kier molecular flexibility index (Phi) is 10.1. The number of carboxylic acids is 1. The number of anilines is 2. The van der Waals surface area contributed by atoms with Crippen molar-refractivity contribution in [3.63, 3.8) is 0 Å². The minimum atomic E-state index is -1.03. The van der Waals surface area contributed by atoms with Gasteiger partial charge in [0.2, 0.25) is 0 Å². The van der Waals surface area contributed by atoms with Gasteiger partial charge in [0.25, 0.3) is 11.8 Å². The number of rotatable bonds is 10. The molecule has 0 aliphatic carbocycles. The fraction of sp³-hybridized carbons (Fsp3) is 0.312. The number of aryl methyl sites for hydroxylation is 1. The van der Waals surface area contributed by atoms with Crippen molar-refractivity contribution in [1.29, 1.82) is 0 Å². The second-order valence-electron chi connectivity index (χ2n) is 10.3. The Bertz CT molecular complexity index is 1400. The summed E-state index contributed by atoms with van der Waals surface area (Å²) in [5, 5.41) is 18.0. The second kappa shape index (κ2) is 14.2. The number of hydrogen-bond acceptors (Lipinski definition) is 5. The Balaban J connectivity index is 1.53. The predicted molar refractivity (Wildman–Crippen MR) is 162 cm³/mol. The SMILES string of the molecule is CCCNC(=O)Nc1cc(C(=O)NC(CC(=O)O)c2ccc(C)cc2)ccc1N1CCN(C(=O)c2ccccc2)CC1. The summed E-state index contributed by atoms with van der Waals surface area (Å²) in [7, 11) is 0. The molecule has 0 aromatic heterocycles. The van der Waals surface area contributed by atoms with Crippen molar-refractivity contribution in [2.75, 3.05) is 42.9 Å². The standard InChI is InChI=1S/C32H37N5O5/c1-3-15-33-32(42)35-27-20-25(30(40)34-26(21-29(38)39)23-11-9-22(2)10-12-23)13-14-28(27)36-16-18-37(19-17-36)31(41)24-7-5-4-6-8-24/h4-14,20,26H,3,15-19,21H2,1-2H3,(H,34,40)(H,38,39)(H2,33,35,42). The van der Waals surface area contributed by atoms with E-state index in [1.54, 1.807) is 42.5 Å². The first-order chi connectivity index (χ1) is 20.2. The molecular weight excluding hydrogens is 534 g/mol. The van der Waals surface area contributed by atoms with Gasteiger partial charge in [0.05, 0.1) is 23.8 Å². The van der Waals surface area contributed by atoms with Crippen molar-refractivity contribution in [3.8, 4) is 0 Å². The number of hydrogen-bond donors (Lipinski definition) is 4. The fourth-order valence-corrected chi connectivity index (χ4v) is 4.84. The van der Waals surface area contributed by atoms with Gasteiger partial charge >= 0.3 is 12.0 Å². The van der Waals surface area contributed by atoms with Crippen LogP contribution in [0.4, 0.5) is 16.2 Å². The van der Waals surface area contributed by atoms with E-state index in [4.69, 9.17) is 0 Å². The molecule has 1 saturated heterocycles. The first-order valence-electron chi connectivity index (χ1n) is 14.1. The van der Waals surface area contributed by atoms with Crippen LogP contribution in [0.5, 0.6) is 0 Å². The molecule has 1 heterocycles. The van der Waals surface area contributed by atoms with Gasteiger partial charge in [0, 0.05) is 43.9 Å². The van der Waals surface area contributed by atoms with Gasteiger partial charge in [-0.15, -0.1) is 0 Å². The molecule has 0 spiro atoms. The van der Waals surface area contributed by atoms with Crippen molar-refractivity contribution in [1.82, 2.24) is 15.5 Å². The molecule has 4 rings (SSSR count). The van der Waals surface area contributed by atoms with Crippen LogP contribution < -0.4 is 20.9 Å². The predicted octanol–water partition coefficient (Wildman–Crippen LogP) is 4.43. The minimum absolute atomic E-state index is 0.0240. The number of carbonyl (C=O) groups excluding carboxylic acids is 3. The zero-order chi connectivity index (χ0) is 30.1. The summed E-state index contributed by atoms with van der Waals surface area (Å²) >= 11 is 0. The number of nitrogens with one attached hydrogen (secondary N) is 3. The molecule has 0 bridgehead atoms. The lowest BCUT2D eigenvalue weighted by atomic mass is 10.0. The number of aliphatic carboxylic acids is 1. The van der Waals surface area contributed by atoms with E-state index in [-0.39, 0.29) is 17.9 Å². The maximum absolute atomic E-state index is 13.3. The number of amides is 4. The third-order valence-corrected chi connectivity index (χ3v) is 7.13. The van der Waals surface area contributed by atoms with Crippen molar-refractivity contribution in [2.24, 2.45) is 0 Å². The molecule has 42 heavy (non-hydrogen) atoms. The van der Waals surface area contributed by atoms with Crippen LogP contribution in [0.2, 0.25) is 0 Å². The summed E-state index contributed by atoms with van der Waals surface area (Å²) in [5.41, 5.74) is 3.81. The maximum atomic E-state index is 13.3. The number of carbonyl (C=O) groups is 4. The quantitative estimate of drug-likeness (QED) is 0.285. The van der Waals surface area contributed by atoms with Gasteiger partial charge in [-0.2, -0.15) is 0 Å². The Morgan fingerprint density at radius 1 is 0.881 bits per heavy atom. The van der Waals surface area contributed by atoms with Crippen LogP contribution >= 0.6 is 0 Å². The lowest BCUT2D eigenvalue weighted by Gasteiger charge is -2.37. The molecule has 220 valence electrons. The fourth-order valence-electron chi connectivity index (χ4n) is 4.84. The first-order valence-corrected chi connectivity index (χ1v) is 14.1. The van der Waals surface area contributed by atoms with E-state index in [1.807, 2.05) is 49.1 Å². The summed E-state index contributed by atoms with van der Waals surface area (Å²) in [4.78, 5) is 54.3. The van der Waals surface area contributed by atoms with E-state index in [9.17, 15) is 24.3 Å². The number of carboxylic acid groups (broad SMARTS) is 1. The molecule has 4 amide bonds. The van der Waals surface area contributed by atoms with E-state index in [0.29, 0.717) is 49.5 Å². The van der Waals surface area contributed by atoms with Crippen LogP contribution in [0.1, 0.15) is 57.7 Å². The van der Waals surface area contributed by atoms with Crippen molar-refractivity contribution in [3.05, 3.63) is 95.1 Å². The Labute approximate surface area is 245 Å². The van der Waals surface area contributed by atoms with Gasteiger partial charge in [0.1, 0.15) is 0 Å². The van der Waals surface area contributed by atoms with Crippen molar-refractivity contribution >= 4 is 35.2 Å². The third-order valence-electron chi connectivity index (χ3n) is 7.13. The van der Waals surface area contributed by atoms with Crippen molar-refractivity contribution in [2.45, 2.75) is 32.7 Å². The van der Waals surface area contributed by atoms with Gasteiger partial charge in [0.15, 0.2) is 0 Å². The van der Waals surface area contributed by atoms with E-state index in [1.165, 1.54) is 0 Å². The number of piperazine rings is 1. The van der Waals surface area contributed by atoms with Gasteiger partial charge < -0.3 is 30.9 Å². The summed E-state index contributed by atoms with van der Waals surface area (Å²) < 4.78 is 0. The maximum Gasteiger partial charge on any atom is 0.319 e. The van der Waals surface area contributed by atoms with Crippen LogP contribution in [-0.2, 0) is 4.79 Å². The van der Waals surface area contributed by atoms with Crippen LogP contribution in [0.15, 0.2) is 72.8 Å². The molecule has 1 aliphatic rings. The summed E-state index contributed by atoms with van der Waals surface area (Å²) in [6, 6.07) is 20.4. The van der Waals surface area contributed by atoms with Gasteiger partial charge in [-0.05, 0) is 49.2 Å². The van der Waals surface area contributed by atoms with Crippen LogP contribution in [0.3, 0.4) is 0 Å². The summed E-state index contributed by atoms with van der Waals surface area (Å²) in [6.45, 7) is 6.48. The van der Waals surface area contributed by atoms with Gasteiger partial charge in [-0.1, -0.05) is 55.0 Å². The smallest absolute Gasteiger partial charge is 0.319 e. The number of urea groups is 1. The van der Waals surface area contributed by atoms with Gasteiger partial charge in [-0.3, -0.25) is 14.4 Å². The lowest BCUT2D eigenvalue weighted by Crippen LogP contribution is -2.49.